The number of hydrogen-bond acceptors (Lipinski definition) is 4. The van der Waals surface area contributed by atoms with Crippen LogP contribution in [0.25, 0.3) is 0 Å². The van der Waals surface area contributed by atoms with Gasteiger partial charge in [-0.2, -0.15) is 0 Å². The van der Waals surface area contributed by atoms with Crippen molar-refractivity contribution in [3.05, 3.63) is 29.3 Å². The molecule has 0 saturated heterocycles. The molecule has 20 heavy (non-hydrogen) atoms. The van der Waals surface area contributed by atoms with E-state index in [1.54, 1.807) is 25.3 Å². The lowest BCUT2D eigenvalue weighted by Gasteiger charge is -2.09. The lowest BCUT2D eigenvalue weighted by molar-refractivity contribution is 0.196. The third-order valence-electron chi connectivity index (χ3n) is 2.57. The minimum atomic E-state index is -3.57. The molecule has 0 saturated carbocycles. The van der Waals surface area contributed by atoms with E-state index in [2.05, 4.69) is 16.6 Å². The third-order valence-corrected chi connectivity index (χ3v) is 4.09. The van der Waals surface area contributed by atoms with E-state index in [4.69, 9.17) is 10.5 Å². The first kappa shape index (κ1) is 16.7. The molecule has 0 aliphatic heterocycles. The Balaban J connectivity index is 2.99. The molecular weight excluding hydrogens is 276 g/mol. The molecule has 0 aliphatic rings. The predicted molar refractivity (Wildman–Crippen MR) is 78.8 cm³/mol. The van der Waals surface area contributed by atoms with Crippen LogP contribution >= 0.6 is 0 Å². The number of nitrogens with two attached hydrogens (primary N) is 1. The second-order valence-corrected chi connectivity index (χ2v) is 5.99. The first-order chi connectivity index (χ1) is 9.51. The maximum atomic E-state index is 12.2. The Kier molecular flexibility index (Phi) is 6.68. The van der Waals surface area contributed by atoms with Gasteiger partial charge in [0.15, 0.2) is 0 Å². The minimum Gasteiger partial charge on any atom is -0.385 e. The van der Waals surface area contributed by atoms with Crippen LogP contribution in [0.1, 0.15) is 17.5 Å². The van der Waals surface area contributed by atoms with E-state index in [-0.39, 0.29) is 11.4 Å². The summed E-state index contributed by atoms with van der Waals surface area (Å²) >= 11 is 0. The van der Waals surface area contributed by atoms with Crippen molar-refractivity contribution >= 4 is 10.0 Å². The Morgan fingerprint density at radius 2 is 2.15 bits per heavy atom. The predicted octanol–water partition coefficient (Wildman–Crippen LogP) is 0.620. The normalized spacial score (nSPS) is 10.9. The lowest BCUT2D eigenvalue weighted by atomic mass is 10.1. The summed E-state index contributed by atoms with van der Waals surface area (Å²) < 4.78 is 31.9. The maximum Gasteiger partial charge on any atom is 0.241 e. The average Bonchev–Trinajstić information content (AvgIpc) is 2.41. The summed E-state index contributed by atoms with van der Waals surface area (Å²) in [6, 6.07) is 5.05. The number of hydrogen-bond donors (Lipinski definition) is 2. The zero-order valence-electron chi connectivity index (χ0n) is 11.8. The molecule has 1 rings (SSSR count). The molecule has 0 bridgehead atoms. The SMILES string of the molecule is COCCCNS(=O)(=O)c1ccc(C)cc1C#CCN. The zero-order valence-corrected chi connectivity index (χ0v) is 12.6. The maximum absolute atomic E-state index is 12.2. The smallest absolute Gasteiger partial charge is 0.241 e. The fraction of sp³-hybridized carbons (Fsp3) is 0.429. The summed E-state index contributed by atoms with van der Waals surface area (Å²) in [5.41, 5.74) is 6.75. The van der Waals surface area contributed by atoms with Crippen LogP contribution in [0.5, 0.6) is 0 Å². The van der Waals surface area contributed by atoms with Gasteiger partial charge in [0.05, 0.1) is 11.4 Å². The van der Waals surface area contributed by atoms with Gasteiger partial charge in [-0.05, 0) is 31.0 Å². The average molecular weight is 296 g/mol. The molecule has 6 heteroatoms. The van der Waals surface area contributed by atoms with Gasteiger partial charge in [-0.25, -0.2) is 13.1 Å². The number of rotatable bonds is 6. The number of benzene rings is 1. The Morgan fingerprint density at radius 1 is 1.40 bits per heavy atom. The fourth-order valence-corrected chi connectivity index (χ4v) is 2.84. The van der Waals surface area contributed by atoms with E-state index in [0.29, 0.717) is 25.1 Å². The summed E-state index contributed by atoms with van der Waals surface area (Å²) in [7, 11) is -1.99. The van der Waals surface area contributed by atoms with Crippen LogP contribution in [0.15, 0.2) is 23.1 Å². The number of methoxy groups -OCH3 is 1. The van der Waals surface area contributed by atoms with Gasteiger partial charge in [0.2, 0.25) is 10.0 Å². The molecule has 5 nitrogen and oxygen atoms in total. The number of sulfonamides is 1. The van der Waals surface area contributed by atoms with Crippen LogP contribution in [0.3, 0.4) is 0 Å². The Labute approximate surface area is 120 Å². The molecule has 0 amide bonds. The molecule has 0 fully saturated rings. The standard InChI is InChI=1S/C14H20N2O3S/c1-12-6-7-14(13(11-12)5-3-8-15)20(17,18)16-9-4-10-19-2/h6-7,11,16H,4,8-10,15H2,1-2H3. The van der Waals surface area contributed by atoms with Crippen molar-refractivity contribution in [2.75, 3.05) is 26.8 Å². The van der Waals surface area contributed by atoms with E-state index in [1.165, 1.54) is 0 Å². The van der Waals surface area contributed by atoms with Gasteiger partial charge in [-0.1, -0.05) is 17.9 Å². The molecule has 0 heterocycles. The monoisotopic (exact) mass is 296 g/mol. The largest absolute Gasteiger partial charge is 0.385 e. The molecule has 0 aliphatic carbocycles. The van der Waals surface area contributed by atoms with Gasteiger partial charge in [-0.15, -0.1) is 0 Å². The van der Waals surface area contributed by atoms with Gasteiger partial charge < -0.3 is 10.5 Å². The minimum absolute atomic E-state index is 0.182. The number of aryl methyl sites for hydroxylation is 1. The molecule has 1 aromatic rings. The highest BCUT2D eigenvalue weighted by atomic mass is 32.2. The molecular formula is C14H20N2O3S. The first-order valence-electron chi connectivity index (χ1n) is 6.29. The molecule has 0 aromatic heterocycles. The first-order valence-corrected chi connectivity index (χ1v) is 7.78. The highest BCUT2D eigenvalue weighted by Crippen LogP contribution is 2.16. The Hall–Kier alpha value is -1.39. The van der Waals surface area contributed by atoms with Crippen molar-refractivity contribution in [1.29, 1.82) is 0 Å². The Bertz CT molecular complexity index is 601. The van der Waals surface area contributed by atoms with Gasteiger partial charge in [0.1, 0.15) is 0 Å². The summed E-state index contributed by atoms with van der Waals surface area (Å²) in [5, 5.41) is 0. The second-order valence-electron chi connectivity index (χ2n) is 4.25. The molecule has 0 unspecified atom stereocenters. The molecule has 1 aromatic carbocycles. The van der Waals surface area contributed by atoms with Crippen molar-refractivity contribution in [3.8, 4) is 11.8 Å². The van der Waals surface area contributed by atoms with Gasteiger partial charge in [0.25, 0.3) is 0 Å². The van der Waals surface area contributed by atoms with Crippen molar-refractivity contribution < 1.29 is 13.2 Å². The summed E-state index contributed by atoms with van der Waals surface area (Å²) in [4.78, 5) is 0.182. The van der Waals surface area contributed by atoms with Crippen LogP contribution in [-0.4, -0.2) is 35.2 Å². The van der Waals surface area contributed by atoms with Gasteiger partial charge in [0, 0.05) is 25.8 Å². The Morgan fingerprint density at radius 3 is 2.80 bits per heavy atom. The van der Waals surface area contributed by atoms with Crippen LogP contribution in [0.4, 0.5) is 0 Å². The lowest BCUT2D eigenvalue weighted by Crippen LogP contribution is -2.26. The van der Waals surface area contributed by atoms with E-state index in [1.807, 2.05) is 6.92 Å². The summed E-state index contributed by atoms with van der Waals surface area (Å²) in [6.45, 7) is 2.91. The van der Waals surface area contributed by atoms with Gasteiger partial charge >= 0.3 is 0 Å². The molecule has 3 N–H and O–H groups in total. The second kappa shape index (κ2) is 8.02. The van der Waals surface area contributed by atoms with E-state index >= 15 is 0 Å². The highest BCUT2D eigenvalue weighted by Gasteiger charge is 2.17. The van der Waals surface area contributed by atoms with Crippen LogP contribution in [0, 0.1) is 18.8 Å². The highest BCUT2D eigenvalue weighted by molar-refractivity contribution is 7.89. The zero-order chi connectivity index (χ0) is 15.0. The van der Waals surface area contributed by atoms with E-state index in [0.717, 1.165) is 5.56 Å². The van der Waals surface area contributed by atoms with Crippen molar-refractivity contribution in [2.45, 2.75) is 18.2 Å². The molecule has 0 atom stereocenters. The molecule has 110 valence electrons. The number of nitrogens with one attached hydrogen (secondary N) is 1. The van der Waals surface area contributed by atoms with Crippen molar-refractivity contribution in [2.24, 2.45) is 5.73 Å². The van der Waals surface area contributed by atoms with Gasteiger partial charge in [-0.3, -0.25) is 0 Å². The molecule has 0 radical (unpaired) electrons. The van der Waals surface area contributed by atoms with E-state index in [9.17, 15) is 8.42 Å². The van der Waals surface area contributed by atoms with E-state index < -0.39 is 10.0 Å². The van der Waals surface area contributed by atoms with Crippen molar-refractivity contribution in [3.63, 3.8) is 0 Å². The quantitative estimate of drug-likeness (QED) is 0.595. The van der Waals surface area contributed by atoms with Crippen LogP contribution in [0.2, 0.25) is 0 Å². The van der Waals surface area contributed by atoms with Crippen molar-refractivity contribution in [1.82, 2.24) is 4.72 Å². The topological polar surface area (TPSA) is 81.4 Å². The summed E-state index contributed by atoms with van der Waals surface area (Å²) in [5.74, 6) is 5.49. The number of ether oxygens (including phenoxy) is 1. The third kappa shape index (κ3) is 4.94. The van der Waals surface area contributed by atoms with Crippen LogP contribution < -0.4 is 10.5 Å². The fourth-order valence-electron chi connectivity index (χ4n) is 1.62. The van der Waals surface area contributed by atoms with Crippen LogP contribution in [-0.2, 0) is 14.8 Å². The summed E-state index contributed by atoms with van der Waals surface area (Å²) in [6.07, 6.45) is 0.616. The molecule has 0 spiro atoms.